The molecule has 4 fully saturated rings. The van der Waals surface area contributed by atoms with Gasteiger partial charge in [-0.3, -0.25) is 14.3 Å². The molecule has 36 heavy (non-hydrogen) atoms. The van der Waals surface area contributed by atoms with Gasteiger partial charge in [-0.05, 0) is 76.2 Å². The summed E-state index contributed by atoms with van der Waals surface area (Å²) in [5.74, 6) is -0.0944. The van der Waals surface area contributed by atoms with Crippen LogP contribution in [0.4, 0.5) is 0 Å². The average molecular weight is 501 g/mol. The molecule has 9 heteroatoms. The molecule has 1 saturated heterocycles. The summed E-state index contributed by atoms with van der Waals surface area (Å²) in [6, 6.07) is 1.80. The summed E-state index contributed by atoms with van der Waals surface area (Å²) in [7, 11) is -0.506. The van der Waals surface area contributed by atoms with Crippen molar-refractivity contribution in [2.24, 2.45) is 29.1 Å². The minimum Gasteiger partial charge on any atom is -0.460 e. The fourth-order valence-corrected chi connectivity index (χ4v) is 6.58. The van der Waals surface area contributed by atoms with Gasteiger partial charge in [-0.1, -0.05) is 27.7 Å². The van der Waals surface area contributed by atoms with E-state index in [9.17, 15) is 9.59 Å². The third kappa shape index (κ3) is 5.52. The summed E-state index contributed by atoms with van der Waals surface area (Å²) in [5, 5.41) is 7.45. The Balaban J connectivity index is 1.49. The highest BCUT2D eigenvalue weighted by molar-refractivity contribution is 6.47. The van der Waals surface area contributed by atoms with E-state index in [-0.39, 0.29) is 41.9 Å². The average Bonchev–Trinajstić information content (AvgIpc) is 3.37. The molecule has 2 bridgehead atoms. The first-order valence-electron chi connectivity index (χ1n) is 13.5. The van der Waals surface area contributed by atoms with E-state index in [1.54, 1.807) is 23.1 Å². The van der Waals surface area contributed by atoms with Gasteiger partial charge in [-0.25, -0.2) is 0 Å². The Labute approximate surface area is 216 Å². The summed E-state index contributed by atoms with van der Waals surface area (Å²) >= 11 is 0. The van der Waals surface area contributed by atoms with Crippen molar-refractivity contribution >= 4 is 19.0 Å². The SMILES string of the molecule is CC(C)C[C@H](NC(=O)[C@@H](CC(=O)OC(C)(C)C)Cn1cccn1)B1O[C@@H]2C[C@H]3C[C@H](C3(C)C)[C@]2(C)O1. The summed E-state index contributed by atoms with van der Waals surface area (Å²) in [6.07, 6.45) is 6.38. The van der Waals surface area contributed by atoms with E-state index in [4.69, 9.17) is 14.0 Å². The monoisotopic (exact) mass is 501 g/mol. The molecule has 3 aliphatic carbocycles. The maximum absolute atomic E-state index is 13.6. The van der Waals surface area contributed by atoms with Crippen LogP contribution >= 0.6 is 0 Å². The van der Waals surface area contributed by atoms with Crippen LogP contribution in [0.1, 0.15) is 81.1 Å². The van der Waals surface area contributed by atoms with Gasteiger partial charge in [0.15, 0.2) is 0 Å². The van der Waals surface area contributed by atoms with Crippen molar-refractivity contribution in [2.75, 3.05) is 0 Å². The van der Waals surface area contributed by atoms with Gasteiger partial charge in [-0.15, -0.1) is 0 Å². The largest absolute Gasteiger partial charge is 0.481 e. The van der Waals surface area contributed by atoms with Crippen LogP contribution in [0.2, 0.25) is 0 Å². The standard InChI is InChI=1S/C27H44BN3O5/c1-17(2)12-22(28-35-21-15-19-14-20(26(19,6)7)27(21,8)36-28)30-24(33)18(16-31-11-9-10-29-31)13-23(32)34-25(3,4)5/h9-11,17-22H,12-16H2,1-8H3,(H,30,33)/t18-,19+,20+,21+,22-,27-/m0/s1. The van der Waals surface area contributed by atoms with Gasteiger partial charge in [-0.2, -0.15) is 5.10 Å². The van der Waals surface area contributed by atoms with Crippen molar-refractivity contribution in [2.45, 2.75) is 111 Å². The lowest BCUT2D eigenvalue weighted by Gasteiger charge is -2.64. The van der Waals surface area contributed by atoms with Gasteiger partial charge in [0.1, 0.15) is 5.60 Å². The Kier molecular flexibility index (Phi) is 7.39. The highest BCUT2D eigenvalue weighted by Gasteiger charge is 2.68. The molecule has 6 atom stereocenters. The zero-order valence-electron chi connectivity index (χ0n) is 23.2. The Morgan fingerprint density at radius 1 is 1.25 bits per heavy atom. The number of amides is 1. The zero-order chi connectivity index (χ0) is 26.5. The summed E-state index contributed by atoms with van der Waals surface area (Å²) in [6.45, 7) is 16.9. The number of nitrogens with one attached hydrogen (secondary N) is 1. The smallest absolute Gasteiger partial charge is 0.460 e. The number of rotatable bonds is 9. The van der Waals surface area contributed by atoms with E-state index < -0.39 is 24.6 Å². The van der Waals surface area contributed by atoms with Crippen LogP contribution in [0.25, 0.3) is 0 Å². The van der Waals surface area contributed by atoms with E-state index in [1.807, 2.05) is 20.8 Å². The molecular weight excluding hydrogens is 457 g/mol. The minimum absolute atomic E-state index is 0.0258. The van der Waals surface area contributed by atoms with E-state index in [0.29, 0.717) is 17.8 Å². The fourth-order valence-electron chi connectivity index (χ4n) is 6.58. The third-order valence-electron chi connectivity index (χ3n) is 8.52. The van der Waals surface area contributed by atoms with Crippen LogP contribution in [0, 0.1) is 29.1 Å². The second-order valence-corrected chi connectivity index (χ2v) is 13.3. The summed E-state index contributed by atoms with van der Waals surface area (Å²) in [5.41, 5.74) is -0.702. The molecule has 0 spiro atoms. The van der Waals surface area contributed by atoms with Crippen molar-refractivity contribution in [3.8, 4) is 0 Å². The Morgan fingerprint density at radius 2 is 1.97 bits per heavy atom. The molecule has 1 aromatic heterocycles. The Morgan fingerprint density at radius 3 is 2.56 bits per heavy atom. The van der Waals surface area contributed by atoms with Gasteiger partial charge < -0.3 is 19.4 Å². The highest BCUT2D eigenvalue weighted by Crippen LogP contribution is 2.65. The molecule has 1 aliphatic heterocycles. The highest BCUT2D eigenvalue weighted by atomic mass is 16.7. The zero-order valence-corrected chi connectivity index (χ0v) is 23.2. The number of carbonyl (C=O) groups is 2. The molecule has 0 aromatic carbocycles. The number of hydrogen-bond donors (Lipinski definition) is 1. The lowest BCUT2D eigenvalue weighted by atomic mass is 9.43. The number of aromatic nitrogens is 2. The molecule has 8 nitrogen and oxygen atoms in total. The Hall–Kier alpha value is -1.87. The van der Waals surface area contributed by atoms with Crippen LogP contribution in [0.15, 0.2) is 18.5 Å². The van der Waals surface area contributed by atoms with Crippen molar-refractivity contribution in [3.63, 3.8) is 0 Å². The molecule has 2 heterocycles. The maximum Gasteiger partial charge on any atom is 0.481 e. The quantitative estimate of drug-likeness (QED) is 0.406. The normalized spacial score (nSPS) is 30.4. The van der Waals surface area contributed by atoms with E-state index >= 15 is 0 Å². The van der Waals surface area contributed by atoms with Gasteiger partial charge >= 0.3 is 13.1 Å². The van der Waals surface area contributed by atoms with Crippen molar-refractivity contribution < 1.29 is 23.6 Å². The Bertz CT molecular complexity index is 944. The number of nitrogens with zero attached hydrogens (tertiary/aromatic N) is 2. The molecule has 1 aromatic rings. The first kappa shape index (κ1) is 27.2. The molecule has 4 aliphatic rings. The number of carbonyl (C=O) groups excluding carboxylic acids is 2. The van der Waals surface area contributed by atoms with E-state index in [0.717, 1.165) is 12.8 Å². The predicted molar refractivity (Wildman–Crippen MR) is 138 cm³/mol. The second-order valence-electron chi connectivity index (χ2n) is 13.3. The molecule has 0 unspecified atom stereocenters. The van der Waals surface area contributed by atoms with Crippen molar-refractivity contribution in [1.29, 1.82) is 0 Å². The number of hydrogen-bond acceptors (Lipinski definition) is 6. The van der Waals surface area contributed by atoms with E-state index in [1.165, 1.54) is 6.42 Å². The lowest BCUT2D eigenvalue weighted by molar-refractivity contribution is -0.199. The van der Waals surface area contributed by atoms with E-state index in [2.05, 4.69) is 45.0 Å². The first-order chi connectivity index (χ1) is 16.7. The molecule has 3 saturated carbocycles. The van der Waals surface area contributed by atoms with Crippen LogP contribution in [-0.4, -0.2) is 52.0 Å². The van der Waals surface area contributed by atoms with Gasteiger partial charge in [0.2, 0.25) is 5.91 Å². The molecule has 1 N–H and O–H groups in total. The molecule has 5 rings (SSSR count). The third-order valence-corrected chi connectivity index (χ3v) is 8.52. The van der Waals surface area contributed by atoms with Crippen molar-refractivity contribution in [3.05, 3.63) is 18.5 Å². The summed E-state index contributed by atoms with van der Waals surface area (Å²) in [4.78, 5) is 26.3. The maximum atomic E-state index is 13.6. The molecule has 1 amide bonds. The lowest BCUT2D eigenvalue weighted by Crippen LogP contribution is -2.65. The summed E-state index contributed by atoms with van der Waals surface area (Å²) < 4.78 is 20.4. The van der Waals surface area contributed by atoms with Gasteiger partial charge in [0.05, 0.1) is 36.5 Å². The van der Waals surface area contributed by atoms with Crippen LogP contribution < -0.4 is 5.32 Å². The number of esters is 1. The van der Waals surface area contributed by atoms with Crippen LogP contribution in [0.5, 0.6) is 0 Å². The van der Waals surface area contributed by atoms with Gasteiger partial charge in [0, 0.05) is 12.4 Å². The molecular formula is C27H44BN3O5. The second kappa shape index (κ2) is 9.78. The van der Waals surface area contributed by atoms with Crippen LogP contribution in [0.3, 0.4) is 0 Å². The minimum atomic E-state index is -0.625. The number of ether oxygens (including phenoxy) is 1. The molecule has 0 radical (unpaired) electrons. The first-order valence-corrected chi connectivity index (χ1v) is 13.5. The topological polar surface area (TPSA) is 91.7 Å². The molecule has 200 valence electrons. The van der Waals surface area contributed by atoms with Crippen molar-refractivity contribution in [1.82, 2.24) is 15.1 Å². The van der Waals surface area contributed by atoms with Gasteiger partial charge in [0.25, 0.3) is 0 Å². The predicted octanol–water partition coefficient (Wildman–Crippen LogP) is 4.03. The van der Waals surface area contributed by atoms with Crippen LogP contribution in [-0.2, 0) is 30.2 Å². The fraction of sp³-hybridized carbons (Fsp3) is 0.815.